The third kappa shape index (κ3) is 13.8. The van der Waals surface area contributed by atoms with Gasteiger partial charge in [0.05, 0.1) is 17.0 Å². The molecule has 0 aliphatic rings. The summed E-state index contributed by atoms with van der Waals surface area (Å²) in [6, 6.07) is 4.85. The number of hydroxylamine groups is 2. The Morgan fingerprint density at radius 1 is 0.794 bits per heavy atom. The Balaban J connectivity index is 2.06. The number of carbonyl (C=O) groups is 2. The number of unbranched alkanes of at least 4 members (excludes halogenated alkanes) is 15. The fraction of sp³-hybridized carbons (Fsp3) is 0.692. The zero-order chi connectivity index (χ0) is 25.0. The fourth-order valence-electron chi connectivity index (χ4n) is 3.86. The number of non-ortho nitro benzene ring substituents is 1. The van der Waals surface area contributed by atoms with Crippen LogP contribution in [0.2, 0.25) is 0 Å². The van der Waals surface area contributed by atoms with Crippen LogP contribution in [0.25, 0.3) is 0 Å². The average Bonchev–Trinajstić information content (AvgIpc) is 2.82. The Morgan fingerprint density at radius 2 is 1.21 bits per heavy atom. The van der Waals surface area contributed by atoms with Gasteiger partial charge in [-0.25, -0.2) is 9.59 Å². The van der Waals surface area contributed by atoms with Crippen LogP contribution in [0.15, 0.2) is 24.3 Å². The standard InChI is InChI=1S/C26H42N2O6/c1-2-3-4-5-6-7-8-9-10-11-12-13-14-15-16-17-22-27(26(30)31)34-25(29)23-18-20-24(21-19-23)28(32)33/h18-21H,2-17,22H2,1H3,(H,30,31). The molecule has 8 nitrogen and oxygen atoms in total. The zero-order valence-electron chi connectivity index (χ0n) is 20.7. The van der Waals surface area contributed by atoms with Crippen molar-refractivity contribution in [2.45, 2.75) is 110 Å². The van der Waals surface area contributed by atoms with Crippen LogP contribution in [0.3, 0.4) is 0 Å². The number of benzene rings is 1. The predicted octanol–water partition coefficient (Wildman–Crippen LogP) is 7.91. The van der Waals surface area contributed by atoms with Gasteiger partial charge in [0.15, 0.2) is 0 Å². The maximum atomic E-state index is 12.1. The summed E-state index contributed by atoms with van der Waals surface area (Å²) in [6.07, 6.45) is 18.3. The lowest BCUT2D eigenvalue weighted by molar-refractivity contribution is -0.384. The number of rotatable bonds is 19. The van der Waals surface area contributed by atoms with E-state index in [1.165, 1.54) is 101 Å². The van der Waals surface area contributed by atoms with Crippen molar-refractivity contribution in [3.8, 4) is 0 Å². The van der Waals surface area contributed by atoms with Crippen LogP contribution in [-0.2, 0) is 4.84 Å². The van der Waals surface area contributed by atoms with Crippen LogP contribution in [0.1, 0.15) is 120 Å². The largest absolute Gasteiger partial charge is 0.463 e. The summed E-state index contributed by atoms with van der Waals surface area (Å²) in [6.45, 7) is 2.35. The van der Waals surface area contributed by atoms with Crippen molar-refractivity contribution < 1.29 is 24.5 Å². The van der Waals surface area contributed by atoms with Crippen LogP contribution in [0, 0.1) is 10.1 Å². The van der Waals surface area contributed by atoms with E-state index in [9.17, 15) is 24.8 Å². The molecule has 8 heteroatoms. The summed E-state index contributed by atoms with van der Waals surface area (Å²) in [7, 11) is 0. The number of nitro benzene ring substituents is 1. The van der Waals surface area contributed by atoms with Gasteiger partial charge in [-0.15, -0.1) is 5.06 Å². The van der Waals surface area contributed by atoms with Gasteiger partial charge in [0, 0.05) is 12.1 Å². The molecule has 0 radical (unpaired) electrons. The number of carbonyl (C=O) groups excluding carboxylic acids is 1. The third-order valence-corrected chi connectivity index (χ3v) is 5.94. The maximum absolute atomic E-state index is 12.1. The number of amides is 1. The summed E-state index contributed by atoms with van der Waals surface area (Å²) in [5.41, 5.74) is -0.0939. The van der Waals surface area contributed by atoms with E-state index in [4.69, 9.17) is 4.84 Å². The van der Waals surface area contributed by atoms with E-state index < -0.39 is 17.0 Å². The molecule has 1 aromatic rings. The first-order valence-electron chi connectivity index (χ1n) is 12.9. The Bertz CT molecular complexity index is 708. The van der Waals surface area contributed by atoms with Gasteiger partial charge >= 0.3 is 12.1 Å². The molecule has 1 rings (SSSR count). The summed E-state index contributed by atoms with van der Waals surface area (Å²) in [4.78, 5) is 38.5. The van der Waals surface area contributed by atoms with E-state index >= 15 is 0 Å². The molecule has 1 amide bonds. The number of hydrogen-bond donors (Lipinski definition) is 1. The molecule has 1 aromatic carbocycles. The highest BCUT2D eigenvalue weighted by Crippen LogP contribution is 2.15. The second-order valence-corrected chi connectivity index (χ2v) is 8.87. The first-order valence-corrected chi connectivity index (χ1v) is 12.9. The van der Waals surface area contributed by atoms with Crippen molar-refractivity contribution in [1.82, 2.24) is 5.06 Å². The minimum Gasteiger partial charge on any atom is -0.463 e. The van der Waals surface area contributed by atoms with Crippen LogP contribution in [-0.4, -0.2) is 33.7 Å². The van der Waals surface area contributed by atoms with Crippen molar-refractivity contribution in [2.75, 3.05) is 6.54 Å². The van der Waals surface area contributed by atoms with Gasteiger partial charge in [-0.3, -0.25) is 10.1 Å². The van der Waals surface area contributed by atoms with Crippen LogP contribution >= 0.6 is 0 Å². The Morgan fingerprint density at radius 3 is 1.59 bits per heavy atom. The lowest BCUT2D eigenvalue weighted by Gasteiger charge is -2.17. The summed E-state index contributed by atoms with van der Waals surface area (Å²) < 4.78 is 0. The van der Waals surface area contributed by atoms with Gasteiger partial charge in [0.1, 0.15) is 0 Å². The van der Waals surface area contributed by atoms with Gasteiger partial charge in [-0.05, 0) is 18.6 Å². The molecule has 0 atom stereocenters. The molecule has 0 bridgehead atoms. The van der Waals surface area contributed by atoms with Gasteiger partial charge in [0.25, 0.3) is 5.69 Å². The highest BCUT2D eigenvalue weighted by Gasteiger charge is 2.19. The Hall–Kier alpha value is -2.64. The fourth-order valence-corrected chi connectivity index (χ4v) is 3.86. The predicted molar refractivity (Wildman–Crippen MR) is 133 cm³/mol. The molecule has 0 aliphatic carbocycles. The van der Waals surface area contributed by atoms with Crippen molar-refractivity contribution in [3.05, 3.63) is 39.9 Å². The third-order valence-electron chi connectivity index (χ3n) is 5.94. The maximum Gasteiger partial charge on any atom is 0.440 e. The second kappa shape index (κ2) is 18.7. The molecule has 0 fully saturated rings. The molecule has 34 heavy (non-hydrogen) atoms. The minimum absolute atomic E-state index is 0.0591. The molecular formula is C26H42N2O6. The zero-order valence-corrected chi connectivity index (χ0v) is 20.7. The quantitative estimate of drug-likeness (QED) is 0.123. The van der Waals surface area contributed by atoms with E-state index in [1.807, 2.05) is 0 Å². The minimum atomic E-state index is -1.34. The molecule has 0 aromatic heterocycles. The number of nitro groups is 1. The van der Waals surface area contributed by atoms with E-state index in [2.05, 4.69) is 6.92 Å². The summed E-state index contributed by atoms with van der Waals surface area (Å²) in [5, 5.41) is 20.6. The second-order valence-electron chi connectivity index (χ2n) is 8.87. The first-order chi connectivity index (χ1) is 16.5. The number of hydrogen-bond acceptors (Lipinski definition) is 5. The molecule has 0 unspecified atom stereocenters. The van der Waals surface area contributed by atoms with Crippen LogP contribution in [0.4, 0.5) is 10.5 Å². The summed E-state index contributed by atoms with van der Waals surface area (Å²) >= 11 is 0. The van der Waals surface area contributed by atoms with E-state index in [0.717, 1.165) is 19.3 Å². The normalized spacial score (nSPS) is 10.7. The highest BCUT2D eigenvalue weighted by molar-refractivity contribution is 5.90. The Kier molecular flexibility index (Phi) is 16.2. The number of nitrogens with zero attached hydrogens (tertiary/aromatic N) is 2. The molecule has 0 heterocycles. The molecule has 0 aliphatic heterocycles. The van der Waals surface area contributed by atoms with E-state index in [-0.39, 0.29) is 17.8 Å². The van der Waals surface area contributed by atoms with E-state index in [0.29, 0.717) is 11.5 Å². The van der Waals surface area contributed by atoms with Crippen molar-refractivity contribution in [1.29, 1.82) is 0 Å². The summed E-state index contributed by atoms with van der Waals surface area (Å²) in [5.74, 6) is -0.853. The lowest BCUT2D eigenvalue weighted by Crippen LogP contribution is -2.33. The van der Waals surface area contributed by atoms with Gasteiger partial charge < -0.3 is 9.94 Å². The average molecular weight is 479 g/mol. The van der Waals surface area contributed by atoms with Crippen LogP contribution in [0.5, 0.6) is 0 Å². The molecular weight excluding hydrogens is 436 g/mol. The van der Waals surface area contributed by atoms with Crippen molar-refractivity contribution >= 4 is 17.7 Å². The topological polar surface area (TPSA) is 110 Å². The van der Waals surface area contributed by atoms with Gasteiger partial charge in [-0.1, -0.05) is 103 Å². The van der Waals surface area contributed by atoms with E-state index in [1.54, 1.807) is 0 Å². The smallest absolute Gasteiger partial charge is 0.440 e. The monoisotopic (exact) mass is 478 g/mol. The Labute approximate surface area is 203 Å². The van der Waals surface area contributed by atoms with Crippen molar-refractivity contribution in [2.24, 2.45) is 0 Å². The molecule has 192 valence electrons. The highest BCUT2D eigenvalue weighted by atomic mass is 16.7. The molecule has 1 N–H and O–H groups in total. The lowest BCUT2D eigenvalue weighted by atomic mass is 10.0. The van der Waals surface area contributed by atoms with Crippen molar-refractivity contribution in [3.63, 3.8) is 0 Å². The molecule has 0 spiro atoms. The van der Waals surface area contributed by atoms with Crippen LogP contribution < -0.4 is 0 Å². The SMILES string of the molecule is CCCCCCCCCCCCCCCCCCN(OC(=O)c1ccc([N+](=O)[O-])cc1)C(=O)O. The first kappa shape index (κ1) is 29.4. The van der Waals surface area contributed by atoms with Gasteiger partial charge in [-0.2, -0.15) is 0 Å². The number of carboxylic acid groups (broad SMARTS) is 1. The molecule has 0 saturated heterocycles. The van der Waals surface area contributed by atoms with Gasteiger partial charge in [0.2, 0.25) is 0 Å². The molecule has 0 saturated carbocycles.